The molecule has 1 unspecified atom stereocenters. The molecule has 1 atom stereocenters. The van der Waals surface area contributed by atoms with E-state index in [0.29, 0.717) is 0 Å². The van der Waals surface area contributed by atoms with Crippen LogP contribution in [0.1, 0.15) is 17.2 Å². The van der Waals surface area contributed by atoms with Crippen LogP contribution in [0.5, 0.6) is 5.75 Å². The molecule has 0 spiro atoms. The van der Waals surface area contributed by atoms with Gasteiger partial charge in [-0.05, 0) is 30.3 Å². The van der Waals surface area contributed by atoms with Crippen LogP contribution in [0.2, 0.25) is 5.02 Å². The van der Waals surface area contributed by atoms with Gasteiger partial charge in [0.25, 0.3) is 0 Å². The summed E-state index contributed by atoms with van der Waals surface area (Å²) in [4.78, 5) is 0. The maximum absolute atomic E-state index is 13.5. The highest BCUT2D eigenvalue weighted by Crippen LogP contribution is 2.27. The Labute approximate surface area is 125 Å². The Hall–Kier alpha value is -2.16. The highest BCUT2D eigenvalue weighted by molar-refractivity contribution is 6.31. The fourth-order valence-electron chi connectivity index (χ4n) is 1.76. The van der Waals surface area contributed by atoms with Crippen molar-refractivity contribution in [2.45, 2.75) is 6.10 Å². The van der Waals surface area contributed by atoms with Crippen LogP contribution in [-0.2, 0) is 0 Å². The summed E-state index contributed by atoms with van der Waals surface area (Å²) in [5.41, 5.74) is -0.0957. The summed E-state index contributed by atoms with van der Waals surface area (Å²) >= 11 is 5.83. The summed E-state index contributed by atoms with van der Waals surface area (Å²) in [6, 6.07) is 9.25. The Morgan fingerprint density at radius 3 is 2.76 bits per heavy atom. The van der Waals surface area contributed by atoms with Gasteiger partial charge in [0.2, 0.25) is 0 Å². The average molecular weight is 310 g/mol. The van der Waals surface area contributed by atoms with Crippen LogP contribution in [-0.4, -0.2) is 11.7 Å². The van der Waals surface area contributed by atoms with Crippen LogP contribution >= 0.6 is 11.6 Å². The van der Waals surface area contributed by atoms with Crippen molar-refractivity contribution in [3.8, 4) is 11.8 Å². The van der Waals surface area contributed by atoms with E-state index >= 15 is 0 Å². The third-order valence-corrected chi connectivity index (χ3v) is 3.12. The maximum atomic E-state index is 13.5. The summed E-state index contributed by atoms with van der Waals surface area (Å²) in [5.74, 6) is -1.23. The van der Waals surface area contributed by atoms with Crippen LogP contribution in [0.15, 0.2) is 36.4 Å². The highest BCUT2D eigenvalue weighted by Gasteiger charge is 2.16. The minimum Gasteiger partial charge on any atom is -0.489 e. The second kappa shape index (κ2) is 6.53. The molecule has 0 aliphatic carbocycles. The molecule has 0 fully saturated rings. The van der Waals surface area contributed by atoms with E-state index in [0.717, 1.165) is 18.2 Å². The number of aliphatic hydroxyl groups is 1. The molecule has 108 valence electrons. The third-order valence-electron chi connectivity index (χ3n) is 2.80. The van der Waals surface area contributed by atoms with Crippen molar-refractivity contribution in [3.05, 3.63) is 64.2 Å². The maximum Gasteiger partial charge on any atom is 0.138 e. The first kappa shape index (κ1) is 15.2. The number of ether oxygens (including phenoxy) is 1. The zero-order valence-corrected chi connectivity index (χ0v) is 11.4. The molecule has 0 radical (unpaired) electrons. The molecule has 2 aromatic carbocycles. The van der Waals surface area contributed by atoms with Gasteiger partial charge in [0.1, 0.15) is 41.7 Å². The van der Waals surface area contributed by atoms with Crippen molar-refractivity contribution < 1.29 is 18.6 Å². The van der Waals surface area contributed by atoms with Gasteiger partial charge < -0.3 is 9.84 Å². The summed E-state index contributed by atoms with van der Waals surface area (Å²) in [5, 5.41) is 19.1. The zero-order chi connectivity index (χ0) is 15.4. The Bertz CT molecular complexity index is 701. The number of hydrogen-bond donors (Lipinski definition) is 1. The average Bonchev–Trinajstić information content (AvgIpc) is 2.47. The molecule has 0 aliphatic heterocycles. The molecule has 0 heterocycles. The van der Waals surface area contributed by atoms with Crippen molar-refractivity contribution in [3.63, 3.8) is 0 Å². The highest BCUT2D eigenvalue weighted by atomic mass is 35.5. The first-order chi connectivity index (χ1) is 10.0. The van der Waals surface area contributed by atoms with E-state index in [1.54, 1.807) is 6.07 Å². The van der Waals surface area contributed by atoms with Crippen molar-refractivity contribution in [1.82, 2.24) is 0 Å². The number of hydrogen-bond acceptors (Lipinski definition) is 3. The van der Waals surface area contributed by atoms with E-state index in [4.69, 9.17) is 21.6 Å². The molecule has 2 aromatic rings. The number of rotatable bonds is 4. The van der Waals surface area contributed by atoms with Gasteiger partial charge in [-0.25, -0.2) is 8.78 Å². The Morgan fingerprint density at radius 2 is 2.05 bits per heavy atom. The molecule has 0 amide bonds. The molecule has 21 heavy (non-hydrogen) atoms. The summed E-state index contributed by atoms with van der Waals surface area (Å²) in [6.07, 6.45) is -1.37. The van der Waals surface area contributed by atoms with E-state index in [1.165, 1.54) is 12.1 Å². The smallest absolute Gasteiger partial charge is 0.138 e. The minimum absolute atomic E-state index is 0.117. The van der Waals surface area contributed by atoms with Crippen molar-refractivity contribution in [2.75, 3.05) is 6.61 Å². The van der Waals surface area contributed by atoms with Gasteiger partial charge in [0.15, 0.2) is 0 Å². The number of nitriles is 1. The second-order valence-corrected chi connectivity index (χ2v) is 4.62. The lowest BCUT2D eigenvalue weighted by Gasteiger charge is -2.14. The van der Waals surface area contributed by atoms with Crippen LogP contribution in [0.3, 0.4) is 0 Å². The molecule has 2 rings (SSSR count). The second-order valence-electron chi connectivity index (χ2n) is 4.22. The lowest BCUT2D eigenvalue weighted by atomic mass is 10.1. The lowest BCUT2D eigenvalue weighted by molar-refractivity contribution is 0.104. The van der Waals surface area contributed by atoms with Gasteiger partial charge in [0, 0.05) is 5.56 Å². The lowest BCUT2D eigenvalue weighted by Crippen LogP contribution is -2.12. The van der Waals surface area contributed by atoms with Crippen molar-refractivity contribution in [2.24, 2.45) is 0 Å². The number of nitrogens with zero attached hydrogens (tertiary/aromatic N) is 1. The first-order valence-corrected chi connectivity index (χ1v) is 6.35. The van der Waals surface area contributed by atoms with Crippen molar-refractivity contribution >= 4 is 11.6 Å². The normalized spacial score (nSPS) is 11.8. The molecule has 0 bridgehead atoms. The summed E-state index contributed by atoms with van der Waals surface area (Å²) in [6.45, 7) is -0.338. The molecule has 1 N–H and O–H groups in total. The van der Waals surface area contributed by atoms with E-state index in [9.17, 15) is 13.9 Å². The molecule has 0 saturated heterocycles. The third kappa shape index (κ3) is 3.48. The molecule has 0 aliphatic rings. The predicted octanol–water partition coefficient (Wildman–Crippen LogP) is 3.60. The number of aliphatic hydroxyl groups excluding tert-OH is 1. The van der Waals surface area contributed by atoms with Crippen LogP contribution < -0.4 is 4.74 Å². The number of benzene rings is 2. The van der Waals surface area contributed by atoms with Crippen LogP contribution in [0.25, 0.3) is 0 Å². The number of halogens is 3. The minimum atomic E-state index is -1.37. The van der Waals surface area contributed by atoms with E-state index in [1.807, 2.05) is 6.07 Å². The van der Waals surface area contributed by atoms with Crippen LogP contribution in [0, 0.1) is 23.0 Å². The topological polar surface area (TPSA) is 53.2 Å². The fraction of sp³-hybridized carbons (Fsp3) is 0.133. The standard InChI is InChI=1S/C15H10ClF2NO2/c16-12-2-1-3-15(11(12)7-19)21-8-14(20)10-6-9(17)4-5-13(10)18/h1-6,14,20H,8H2. The zero-order valence-electron chi connectivity index (χ0n) is 10.7. The SMILES string of the molecule is N#Cc1c(Cl)cccc1OCC(O)c1cc(F)ccc1F. The van der Waals surface area contributed by atoms with Crippen molar-refractivity contribution in [1.29, 1.82) is 5.26 Å². The Morgan fingerprint density at radius 1 is 1.29 bits per heavy atom. The van der Waals surface area contributed by atoms with Gasteiger partial charge in [-0.2, -0.15) is 5.26 Å². The van der Waals surface area contributed by atoms with E-state index < -0.39 is 17.7 Å². The Balaban J connectivity index is 2.15. The van der Waals surface area contributed by atoms with E-state index in [2.05, 4.69) is 0 Å². The largest absolute Gasteiger partial charge is 0.489 e. The summed E-state index contributed by atoms with van der Waals surface area (Å²) in [7, 11) is 0. The first-order valence-electron chi connectivity index (χ1n) is 5.97. The fourth-order valence-corrected chi connectivity index (χ4v) is 1.97. The molecule has 0 aromatic heterocycles. The van der Waals surface area contributed by atoms with Gasteiger partial charge in [0.05, 0.1) is 5.02 Å². The molecule has 3 nitrogen and oxygen atoms in total. The quantitative estimate of drug-likeness (QED) is 0.938. The van der Waals surface area contributed by atoms with Crippen LogP contribution in [0.4, 0.5) is 8.78 Å². The summed E-state index contributed by atoms with van der Waals surface area (Å²) < 4.78 is 31.8. The van der Waals surface area contributed by atoms with Gasteiger partial charge in [-0.15, -0.1) is 0 Å². The van der Waals surface area contributed by atoms with Gasteiger partial charge >= 0.3 is 0 Å². The predicted molar refractivity (Wildman–Crippen MR) is 73.0 cm³/mol. The van der Waals surface area contributed by atoms with Gasteiger partial charge in [-0.1, -0.05) is 17.7 Å². The van der Waals surface area contributed by atoms with E-state index in [-0.39, 0.29) is 28.5 Å². The Kier molecular flexibility index (Phi) is 4.73. The molecular formula is C15H10ClF2NO2. The monoisotopic (exact) mass is 309 g/mol. The molecule has 6 heteroatoms. The molecular weight excluding hydrogens is 300 g/mol. The molecule has 0 saturated carbocycles. The van der Waals surface area contributed by atoms with Gasteiger partial charge in [-0.3, -0.25) is 0 Å².